The summed E-state index contributed by atoms with van der Waals surface area (Å²) in [5, 5.41) is 12.1. The number of amides is 1. The van der Waals surface area contributed by atoms with Gasteiger partial charge in [-0.05, 0) is 50.6 Å². The first kappa shape index (κ1) is 22.1. The highest BCUT2D eigenvalue weighted by molar-refractivity contribution is 7.98. The van der Waals surface area contributed by atoms with Gasteiger partial charge in [-0.15, -0.1) is 11.8 Å². The highest BCUT2D eigenvalue weighted by atomic mass is 32.2. The minimum atomic E-state index is -3.75. The summed E-state index contributed by atoms with van der Waals surface area (Å²) < 4.78 is 28.0. The maximum atomic E-state index is 12.9. The molecule has 0 saturated carbocycles. The molecule has 2 aromatic carbocycles. The van der Waals surface area contributed by atoms with E-state index in [-0.39, 0.29) is 16.8 Å². The van der Waals surface area contributed by atoms with Crippen LogP contribution in [0.2, 0.25) is 0 Å². The molecule has 3 N–H and O–H groups in total. The van der Waals surface area contributed by atoms with Gasteiger partial charge < -0.3 is 9.84 Å². The molecular formula is C21H23N3O4S2. The molecule has 0 aliphatic heterocycles. The van der Waals surface area contributed by atoms with Crippen LogP contribution in [-0.4, -0.2) is 19.5 Å². The number of nitrogens with two attached hydrogens (primary N) is 1. The van der Waals surface area contributed by atoms with Crippen molar-refractivity contribution in [1.82, 2.24) is 10.5 Å². The molecule has 0 bridgehead atoms. The predicted octanol–water partition coefficient (Wildman–Crippen LogP) is 3.72. The van der Waals surface area contributed by atoms with Crippen molar-refractivity contribution in [3.63, 3.8) is 0 Å². The van der Waals surface area contributed by atoms with E-state index in [1.54, 1.807) is 30.0 Å². The Bertz CT molecular complexity index is 1140. The molecule has 1 heterocycles. The molecule has 158 valence electrons. The first-order valence-corrected chi connectivity index (χ1v) is 11.8. The number of primary sulfonamides is 1. The first-order valence-electron chi connectivity index (χ1n) is 9.24. The number of aromatic nitrogens is 1. The molecule has 0 spiro atoms. The van der Waals surface area contributed by atoms with Crippen molar-refractivity contribution < 1.29 is 17.7 Å². The van der Waals surface area contributed by atoms with Crippen LogP contribution in [0.25, 0.3) is 0 Å². The van der Waals surface area contributed by atoms with Gasteiger partial charge in [0.2, 0.25) is 10.0 Å². The Morgan fingerprint density at radius 2 is 1.83 bits per heavy atom. The number of benzene rings is 2. The molecule has 0 aliphatic rings. The monoisotopic (exact) mass is 445 g/mol. The van der Waals surface area contributed by atoms with E-state index in [1.165, 1.54) is 12.1 Å². The Morgan fingerprint density at radius 3 is 2.43 bits per heavy atom. The fraction of sp³-hybridized carbons (Fsp3) is 0.238. The molecule has 30 heavy (non-hydrogen) atoms. The summed E-state index contributed by atoms with van der Waals surface area (Å²) in [6.07, 6.45) is 0. The molecule has 0 aliphatic carbocycles. The summed E-state index contributed by atoms with van der Waals surface area (Å²) in [6.45, 7) is 5.61. The average Bonchev–Trinajstić information content (AvgIpc) is 3.03. The number of hydrogen-bond donors (Lipinski definition) is 2. The summed E-state index contributed by atoms with van der Waals surface area (Å²) in [7, 11) is -3.75. The standard InChI is InChI=1S/C21H23N3O4S2/c1-13(16-8-10-17(11-9-16)30(22,26)27)23-21(25)18-6-4-5-7-20(18)29-12-19-14(2)24-28-15(19)3/h4-11,13H,12H2,1-3H3,(H,23,25)(H2,22,26,27)/t13-/m0/s1. The third kappa shape index (κ3) is 5.10. The van der Waals surface area contributed by atoms with Crippen molar-refractivity contribution >= 4 is 27.7 Å². The lowest BCUT2D eigenvalue weighted by Crippen LogP contribution is -2.27. The molecule has 3 aromatic rings. The summed E-state index contributed by atoms with van der Waals surface area (Å²) in [5.41, 5.74) is 3.22. The average molecular weight is 446 g/mol. The van der Waals surface area contributed by atoms with Crippen LogP contribution in [-0.2, 0) is 15.8 Å². The number of aryl methyl sites for hydroxylation is 2. The van der Waals surface area contributed by atoms with E-state index in [4.69, 9.17) is 9.66 Å². The van der Waals surface area contributed by atoms with Gasteiger partial charge in [-0.3, -0.25) is 4.79 Å². The molecule has 3 rings (SSSR count). The molecule has 9 heteroatoms. The lowest BCUT2D eigenvalue weighted by atomic mass is 10.1. The second kappa shape index (κ2) is 9.03. The van der Waals surface area contributed by atoms with Gasteiger partial charge in [0.1, 0.15) is 5.76 Å². The van der Waals surface area contributed by atoms with E-state index in [9.17, 15) is 13.2 Å². The zero-order valence-electron chi connectivity index (χ0n) is 16.9. The van der Waals surface area contributed by atoms with Crippen LogP contribution in [0.3, 0.4) is 0 Å². The summed E-state index contributed by atoms with van der Waals surface area (Å²) >= 11 is 1.55. The van der Waals surface area contributed by atoms with Gasteiger partial charge in [0.25, 0.3) is 5.91 Å². The van der Waals surface area contributed by atoms with E-state index in [2.05, 4.69) is 10.5 Å². The Balaban J connectivity index is 1.72. The van der Waals surface area contributed by atoms with Gasteiger partial charge in [0.05, 0.1) is 22.2 Å². The lowest BCUT2D eigenvalue weighted by molar-refractivity contribution is 0.0937. The van der Waals surface area contributed by atoms with Gasteiger partial charge >= 0.3 is 0 Å². The normalized spacial score (nSPS) is 12.5. The first-order chi connectivity index (χ1) is 14.2. The van der Waals surface area contributed by atoms with Crippen LogP contribution in [0.1, 0.15) is 45.9 Å². The molecule has 0 unspecified atom stereocenters. The predicted molar refractivity (Wildman–Crippen MR) is 116 cm³/mol. The van der Waals surface area contributed by atoms with Gasteiger partial charge in [-0.2, -0.15) is 0 Å². The molecule has 0 radical (unpaired) electrons. The number of nitrogens with zero attached hydrogens (tertiary/aromatic N) is 1. The number of sulfonamides is 1. The Labute approximate surface area is 180 Å². The maximum Gasteiger partial charge on any atom is 0.252 e. The van der Waals surface area contributed by atoms with E-state index in [0.29, 0.717) is 11.3 Å². The number of nitrogens with one attached hydrogen (secondary N) is 1. The number of hydrogen-bond acceptors (Lipinski definition) is 6. The van der Waals surface area contributed by atoms with Crippen molar-refractivity contribution in [2.45, 2.75) is 42.4 Å². The quantitative estimate of drug-likeness (QED) is 0.536. The summed E-state index contributed by atoms with van der Waals surface area (Å²) in [4.78, 5) is 13.8. The zero-order valence-corrected chi connectivity index (χ0v) is 18.5. The third-order valence-electron chi connectivity index (χ3n) is 4.74. The molecule has 7 nitrogen and oxygen atoms in total. The summed E-state index contributed by atoms with van der Waals surface area (Å²) in [5.74, 6) is 1.22. The lowest BCUT2D eigenvalue weighted by Gasteiger charge is -2.16. The zero-order chi connectivity index (χ0) is 21.9. The number of rotatable bonds is 7. The molecule has 1 amide bonds. The van der Waals surface area contributed by atoms with Crippen molar-refractivity contribution in [2.24, 2.45) is 5.14 Å². The van der Waals surface area contributed by atoms with Gasteiger partial charge in [0, 0.05) is 16.2 Å². The highest BCUT2D eigenvalue weighted by Gasteiger charge is 2.17. The van der Waals surface area contributed by atoms with Crippen LogP contribution in [0, 0.1) is 13.8 Å². The van der Waals surface area contributed by atoms with Crippen molar-refractivity contribution in [2.75, 3.05) is 0 Å². The fourth-order valence-electron chi connectivity index (χ4n) is 2.94. The van der Waals surface area contributed by atoms with E-state index in [1.807, 2.05) is 39.0 Å². The van der Waals surface area contributed by atoms with Crippen LogP contribution < -0.4 is 10.5 Å². The third-order valence-corrected chi connectivity index (χ3v) is 6.77. The van der Waals surface area contributed by atoms with Gasteiger partial charge in [-0.25, -0.2) is 13.6 Å². The topological polar surface area (TPSA) is 115 Å². The SMILES string of the molecule is Cc1noc(C)c1CSc1ccccc1C(=O)N[C@@H](C)c1ccc(S(N)(=O)=O)cc1. The fourth-order valence-corrected chi connectivity index (χ4v) is 4.66. The smallest absolute Gasteiger partial charge is 0.252 e. The van der Waals surface area contributed by atoms with Crippen LogP contribution >= 0.6 is 11.8 Å². The molecule has 0 fully saturated rings. The molecule has 0 saturated heterocycles. The number of carbonyl (C=O) groups is 1. The van der Waals surface area contributed by atoms with Crippen LogP contribution in [0.4, 0.5) is 0 Å². The van der Waals surface area contributed by atoms with E-state index in [0.717, 1.165) is 27.5 Å². The Kier molecular flexibility index (Phi) is 6.64. The Morgan fingerprint density at radius 1 is 1.17 bits per heavy atom. The van der Waals surface area contributed by atoms with Crippen LogP contribution in [0.15, 0.2) is 62.8 Å². The Hall–Kier alpha value is -2.62. The molecule has 1 atom stereocenters. The van der Waals surface area contributed by atoms with Gasteiger partial charge in [0.15, 0.2) is 0 Å². The van der Waals surface area contributed by atoms with Crippen LogP contribution in [0.5, 0.6) is 0 Å². The van der Waals surface area contributed by atoms with E-state index >= 15 is 0 Å². The number of carbonyl (C=O) groups excluding carboxylic acids is 1. The minimum absolute atomic E-state index is 0.0332. The van der Waals surface area contributed by atoms with Gasteiger partial charge in [-0.1, -0.05) is 29.4 Å². The minimum Gasteiger partial charge on any atom is -0.361 e. The highest BCUT2D eigenvalue weighted by Crippen LogP contribution is 2.29. The maximum absolute atomic E-state index is 12.9. The largest absolute Gasteiger partial charge is 0.361 e. The molecule has 1 aromatic heterocycles. The van der Waals surface area contributed by atoms with Crippen molar-refractivity contribution in [3.8, 4) is 0 Å². The molecular weight excluding hydrogens is 422 g/mol. The van der Waals surface area contributed by atoms with Crippen molar-refractivity contribution in [1.29, 1.82) is 0 Å². The number of thioether (sulfide) groups is 1. The second-order valence-corrected chi connectivity index (χ2v) is 9.48. The summed E-state index contributed by atoms with van der Waals surface area (Å²) in [6, 6.07) is 13.2. The van der Waals surface area contributed by atoms with Crippen molar-refractivity contribution in [3.05, 3.63) is 76.7 Å². The van der Waals surface area contributed by atoms with E-state index < -0.39 is 10.0 Å². The second-order valence-electron chi connectivity index (χ2n) is 6.90.